The summed E-state index contributed by atoms with van der Waals surface area (Å²) in [5, 5.41) is 8.75. The molecule has 0 fully saturated rings. The smallest absolute Gasteiger partial charge is 0.254 e. The van der Waals surface area contributed by atoms with E-state index < -0.39 is 23.0 Å². The van der Waals surface area contributed by atoms with Crippen LogP contribution in [0, 0.1) is 11.6 Å². The zero-order chi connectivity index (χ0) is 28.8. The number of amides is 1. The number of ether oxygens (including phenoxy) is 2. The monoisotopic (exact) mass is 566 g/mol. The number of aromatic nitrogens is 3. The van der Waals surface area contributed by atoms with Crippen LogP contribution in [0.5, 0.6) is 11.5 Å². The summed E-state index contributed by atoms with van der Waals surface area (Å²) in [5.74, 6) is -0.679. The number of carbonyl (C=O) groups is 1. The lowest BCUT2D eigenvalue weighted by molar-refractivity contribution is 0.0766. The second kappa shape index (κ2) is 10.5. The number of benzene rings is 3. The average molecular weight is 567 g/mol. The van der Waals surface area contributed by atoms with Crippen molar-refractivity contribution < 1.29 is 23.0 Å². The molecule has 40 heavy (non-hydrogen) atoms. The molecule has 1 amide bonds. The van der Waals surface area contributed by atoms with Crippen LogP contribution in [0.1, 0.15) is 61.0 Å². The molecule has 4 aromatic rings. The molecule has 0 aliphatic carbocycles. The first-order chi connectivity index (χ1) is 19.0. The fourth-order valence-corrected chi connectivity index (χ4v) is 5.11. The Morgan fingerprint density at radius 2 is 1.70 bits per heavy atom. The summed E-state index contributed by atoms with van der Waals surface area (Å²) in [5.41, 5.74) is 2.06. The molecule has 208 valence electrons. The van der Waals surface area contributed by atoms with E-state index in [9.17, 15) is 13.6 Å². The standard InChI is InChI=1S/C30H29ClF2N4O3/c1-17(2)37-27(34-35-29(37)30(3,4)40-26-24(32)13-21(31)14-25(26)33)19-8-11-23-20(12-19)16-36(28(23)38)15-18-6-9-22(39-5)10-7-18/h6-14,17H,15-16H2,1-5H3. The largest absolute Gasteiger partial charge is 0.497 e. The minimum atomic E-state index is -1.24. The summed E-state index contributed by atoms with van der Waals surface area (Å²) in [6.45, 7) is 8.20. The quantitative estimate of drug-likeness (QED) is 0.231. The average Bonchev–Trinajstić information content (AvgIpc) is 3.49. The van der Waals surface area contributed by atoms with Gasteiger partial charge in [0, 0.05) is 35.3 Å². The molecule has 0 radical (unpaired) electrons. The van der Waals surface area contributed by atoms with Crippen LogP contribution in [-0.4, -0.2) is 32.7 Å². The van der Waals surface area contributed by atoms with Gasteiger partial charge in [-0.15, -0.1) is 10.2 Å². The number of fused-ring (bicyclic) bond motifs is 1. The highest BCUT2D eigenvalue weighted by Gasteiger charge is 2.35. The van der Waals surface area contributed by atoms with E-state index >= 15 is 0 Å². The summed E-state index contributed by atoms with van der Waals surface area (Å²) < 4.78 is 42.0. The van der Waals surface area contributed by atoms with Crippen molar-refractivity contribution in [3.8, 4) is 22.9 Å². The van der Waals surface area contributed by atoms with Gasteiger partial charge in [-0.1, -0.05) is 29.8 Å². The maximum atomic E-state index is 14.5. The topological polar surface area (TPSA) is 69.5 Å². The highest BCUT2D eigenvalue weighted by molar-refractivity contribution is 6.30. The lowest BCUT2D eigenvalue weighted by atomic mass is 10.0. The SMILES string of the molecule is COc1ccc(CN2Cc3cc(-c4nnc(C(C)(C)Oc5c(F)cc(Cl)cc5F)n4C(C)C)ccc3C2=O)cc1. The second-order valence-corrected chi connectivity index (χ2v) is 10.9. The van der Waals surface area contributed by atoms with Crippen molar-refractivity contribution in [1.82, 2.24) is 19.7 Å². The van der Waals surface area contributed by atoms with Gasteiger partial charge in [0.2, 0.25) is 0 Å². The number of nitrogens with zero attached hydrogens (tertiary/aromatic N) is 4. The van der Waals surface area contributed by atoms with Gasteiger partial charge >= 0.3 is 0 Å². The molecule has 2 heterocycles. The summed E-state index contributed by atoms with van der Waals surface area (Å²) in [6.07, 6.45) is 0. The maximum absolute atomic E-state index is 14.5. The van der Waals surface area contributed by atoms with E-state index in [0.717, 1.165) is 34.6 Å². The molecule has 0 saturated heterocycles. The van der Waals surface area contributed by atoms with Crippen molar-refractivity contribution in [2.24, 2.45) is 0 Å². The second-order valence-electron chi connectivity index (χ2n) is 10.5. The van der Waals surface area contributed by atoms with E-state index in [0.29, 0.717) is 30.3 Å². The van der Waals surface area contributed by atoms with Gasteiger partial charge in [0.1, 0.15) is 5.75 Å². The normalized spacial score (nSPS) is 13.2. The van der Waals surface area contributed by atoms with E-state index in [2.05, 4.69) is 10.2 Å². The highest BCUT2D eigenvalue weighted by Crippen LogP contribution is 2.36. The Morgan fingerprint density at radius 3 is 2.33 bits per heavy atom. The predicted octanol–water partition coefficient (Wildman–Crippen LogP) is 6.94. The van der Waals surface area contributed by atoms with Crippen molar-refractivity contribution in [2.45, 2.75) is 52.4 Å². The molecule has 7 nitrogen and oxygen atoms in total. The Morgan fingerprint density at radius 1 is 1.02 bits per heavy atom. The van der Waals surface area contributed by atoms with E-state index in [1.54, 1.807) is 31.9 Å². The van der Waals surface area contributed by atoms with Crippen molar-refractivity contribution in [1.29, 1.82) is 0 Å². The molecular formula is C30H29ClF2N4O3. The van der Waals surface area contributed by atoms with E-state index in [4.69, 9.17) is 21.1 Å². The Bertz CT molecular complexity index is 1560. The molecule has 0 bridgehead atoms. The Kier molecular flexibility index (Phi) is 7.27. The third-order valence-corrected chi connectivity index (χ3v) is 7.06. The zero-order valence-corrected chi connectivity index (χ0v) is 23.6. The van der Waals surface area contributed by atoms with E-state index in [1.807, 2.05) is 54.8 Å². The summed E-state index contributed by atoms with van der Waals surface area (Å²) in [7, 11) is 1.61. The summed E-state index contributed by atoms with van der Waals surface area (Å²) >= 11 is 5.77. The Balaban J connectivity index is 1.44. The van der Waals surface area contributed by atoms with Gasteiger partial charge in [0.25, 0.3) is 5.91 Å². The molecule has 3 aromatic carbocycles. The summed E-state index contributed by atoms with van der Waals surface area (Å²) in [4.78, 5) is 14.9. The lowest BCUT2D eigenvalue weighted by Gasteiger charge is -2.28. The molecule has 0 spiro atoms. The van der Waals surface area contributed by atoms with Crippen LogP contribution in [0.15, 0.2) is 54.6 Å². The van der Waals surface area contributed by atoms with E-state index in [-0.39, 0.29) is 17.0 Å². The molecule has 0 N–H and O–H groups in total. The van der Waals surface area contributed by atoms with Crippen LogP contribution in [-0.2, 0) is 18.7 Å². The van der Waals surface area contributed by atoms with Gasteiger partial charge in [-0.3, -0.25) is 4.79 Å². The lowest BCUT2D eigenvalue weighted by Crippen LogP contribution is -2.31. The number of methoxy groups -OCH3 is 1. The van der Waals surface area contributed by atoms with Gasteiger partial charge in [-0.05, 0) is 75.2 Å². The van der Waals surface area contributed by atoms with Crippen LogP contribution in [0.2, 0.25) is 5.02 Å². The zero-order valence-electron chi connectivity index (χ0n) is 22.8. The molecule has 10 heteroatoms. The van der Waals surface area contributed by atoms with Crippen molar-refractivity contribution in [3.63, 3.8) is 0 Å². The number of carbonyl (C=O) groups excluding carboxylic acids is 1. The molecule has 1 aromatic heterocycles. The van der Waals surface area contributed by atoms with Crippen LogP contribution in [0.4, 0.5) is 8.78 Å². The molecule has 0 unspecified atom stereocenters. The van der Waals surface area contributed by atoms with Gasteiger partial charge < -0.3 is 18.9 Å². The van der Waals surface area contributed by atoms with Crippen molar-refractivity contribution >= 4 is 17.5 Å². The molecular weight excluding hydrogens is 538 g/mol. The fraction of sp³-hybridized carbons (Fsp3) is 0.300. The van der Waals surface area contributed by atoms with Crippen LogP contribution in [0.25, 0.3) is 11.4 Å². The van der Waals surface area contributed by atoms with Crippen molar-refractivity contribution in [2.75, 3.05) is 7.11 Å². The van der Waals surface area contributed by atoms with Gasteiger partial charge in [-0.2, -0.15) is 0 Å². The molecule has 5 rings (SSSR count). The minimum Gasteiger partial charge on any atom is -0.497 e. The number of hydrogen-bond donors (Lipinski definition) is 0. The minimum absolute atomic E-state index is 0.0371. The first-order valence-corrected chi connectivity index (χ1v) is 13.2. The third kappa shape index (κ3) is 5.13. The highest BCUT2D eigenvalue weighted by atomic mass is 35.5. The molecule has 1 aliphatic heterocycles. The summed E-state index contributed by atoms with van der Waals surface area (Å²) in [6, 6.07) is 15.1. The molecule has 1 aliphatic rings. The van der Waals surface area contributed by atoms with Gasteiger partial charge in [0.05, 0.1) is 7.11 Å². The Hall–Kier alpha value is -3.98. The van der Waals surface area contributed by atoms with Gasteiger partial charge in [0.15, 0.2) is 34.6 Å². The Labute approximate surface area is 236 Å². The molecule has 0 atom stereocenters. The van der Waals surface area contributed by atoms with Crippen LogP contribution < -0.4 is 9.47 Å². The third-order valence-electron chi connectivity index (χ3n) is 6.85. The first-order valence-electron chi connectivity index (χ1n) is 12.8. The maximum Gasteiger partial charge on any atom is 0.254 e. The number of rotatable bonds is 8. The van der Waals surface area contributed by atoms with Crippen LogP contribution in [0.3, 0.4) is 0 Å². The van der Waals surface area contributed by atoms with Crippen LogP contribution >= 0.6 is 11.6 Å². The number of halogens is 3. The van der Waals surface area contributed by atoms with Gasteiger partial charge in [-0.25, -0.2) is 8.78 Å². The fourth-order valence-electron chi connectivity index (χ4n) is 4.91. The van der Waals surface area contributed by atoms with E-state index in [1.165, 1.54) is 0 Å². The predicted molar refractivity (Wildman–Crippen MR) is 147 cm³/mol. The first kappa shape index (κ1) is 27.6. The molecule has 0 saturated carbocycles. The van der Waals surface area contributed by atoms with Crippen molar-refractivity contribution in [3.05, 3.63) is 93.8 Å². The number of hydrogen-bond acceptors (Lipinski definition) is 5.